The summed E-state index contributed by atoms with van der Waals surface area (Å²) in [7, 11) is 0. The first-order valence-corrected chi connectivity index (χ1v) is 10.2. The van der Waals surface area contributed by atoms with E-state index in [-0.39, 0.29) is 37.1 Å². The molecule has 28 heavy (non-hydrogen) atoms. The summed E-state index contributed by atoms with van der Waals surface area (Å²) in [5.74, 6) is -1.31. The first-order chi connectivity index (χ1) is 13.4. The molecule has 1 atom stereocenters. The van der Waals surface area contributed by atoms with Crippen molar-refractivity contribution < 1.29 is 19.1 Å². The molecule has 9 heteroatoms. The Labute approximate surface area is 171 Å². The topological polar surface area (TPSA) is 79.8 Å². The van der Waals surface area contributed by atoms with Crippen LogP contribution in [-0.4, -0.2) is 42.5 Å². The Morgan fingerprint density at radius 1 is 1.39 bits per heavy atom. The maximum absolute atomic E-state index is 13.0. The van der Waals surface area contributed by atoms with Gasteiger partial charge in [-0.25, -0.2) is 9.78 Å². The number of halogens is 1. The smallest absolute Gasteiger partial charge is 0.357 e. The zero-order valence-corrected chi connectivity index (χ0v) is 17.1. The largest absolute Gasteiger partial charge is 0.461 e. The normalized spacial score (nSPS) is 16.3. The third-order valence-corrected chi connectivity index (χ3v) is 5.48. The van der Waals surface area contributed by atoms with Gasteiger partial charge in [-0.1, -0.05) is 17.7 Å². The molecule has 7 nitrogen and oxygen atoms in total. The van der Waals surface area contributed by atoms with E-state index in [0.717, 1.165) is 0 Å². The Morgan fingerprint density at radius 2 is 2.18 bits per heavy atom. The third kappa shape index (κ3) is 4.18. The minimum atomic E-state index is -0.517. The summed E-state index contributed by atoms with van der Waals surface area (Å²) in [6.07, 6.45) is 0.123. The monoisotopic (exact) mass is 421 g/mol. The van der Waals surface area contributed by atoms with E-state index in [1.54, 1.807) is 41.5 Å². The van der Waals surface area contributed by atoms with E-state index in [4.69, 9.17) is 16.3 Å². The van der Waals surface area contributed by atoms with Crippen molar-refractivity contribution in [1.82, 2.24) is 4.98 Å². The van der Waals surface area contributed by atoms with Crippen molar-refractivity contribution in [2.45, 2.75) is 20.3 Å². The van der Waals surface area contributed by atoms with Gasteiger partial charge in [0.1, 0.15) is 0 Å². The quantitative estimate of drug-likeness (QED) is 0.668. The Kier molecular flexibility index (Phi) is 6.31. The number of thiazole rings is 1. The number of rotatable bonds is 6. The fourth-order valence-corrected chi connectivity index (χ4v) is 4.11. The number of carbonyl (C=O) groups is 3. The molecule has 3 rings (SSSR count). The molecule has 0 bridgehead atoms. The number of benzene rings is 1. The van der Waals surface area contributed by atoms with Crippen LogP contribution >= 0.6 is 22.9 Å². The summed E-state index contributed by atoms with van der Waals surface area (Å²) in [4.78, 5) is 44.6. The number of nitrogens with zero attached hydrogens (tertiary/aromatic N) is 3. The molecule has 0 aliphatic carbocycles. The standard InChI is InChI=1S/C19H20ClN3O4S/c1-3-22(19-21-15(11-28-19)18(26)27-4-2)17(25)12-8-16(24)23(10-12)14-7-5-6-13(20)9-14/h5-7,9,11-12H,3-4,8,10H2,1-2H3/t12-/m1/s1. The van der Waals surface area contributed by atoms with Crippen LogP contribution in [0.25, 0.3) is 0 Å². The minimum Gasteiger partial charge on any atom is -0.461 e. The van der Waals surface area contributed by atoms with E-state index in [1.807, 2.05) is 6.92 Å². The van der Waals surface area contributed by atoms with Crippen LogP contribution in [0, 0.1) is 5.92 Å². The van der Waals surface area contributed by atoms with Gasteiger partial charge in [0.05, 0.1) is 12.5 Å². The van der Waals surface area contributed by atoms with Gasteiger partial charge in [-0.05, 0) is 32.0 Å². The number of anilines is 2. The Hall–Kier alpha value is -2.45. The minimum absolute atomic E-state index is 0.122. The van der Waals surface area contributed by atoms with Crippen LogP contribution in [0.2, 0.25) is 5.02 Å². The molecular weight excluding hydrogens is 402 g/mol. The number of carbonyl (C=O) groups excluding carboxylic acids is 3. The summed E-state index contributed by atoms with van der Waals surface area (Å²) >= 11 is 7.22. The first-order valence-electron chi connectivity index (χ1n) is 8.94. The van der Waals surface area contributed by atoms with Gasteiger partial charge in [-0.15, -0.1) is 11.3 Å². The van der Waals surface area contributed by atoms with Crippen LogP contribution in [0.1, 0.15) is 30.8 Å². The van der Waals surface area contributed by atoms with Crippen molar-refractivity contribution in [3.63, 3.8) is 0 Å². The summed E-state index contributed by atoms with van der Waals surface area (Å²) in [6, 6.07) is 7.00. The molecule has 0 radical (unpaired) electrons. The van der Waals surface area contributed by atoms with Crippen LogP contribution in [0.5, 0.6) is 0 Å². The molecule has 2 heterocycles. The molecule has 0 unspecified atom stereocenters. The summed E-state index contributed by atoms with van der Waals surface area (Å²) < 4.78 is 4.94. The molecule has 0 spiro atoms. The highest BCUT2D eigenvalue weighted by molar-refractivity contribution is 7.14. The predicted octanol–water partition coefficient (Wildman–Crippen LogP) is 3.38. The molecule has 0 N–H and O–H groups in total. The summed E-state index contributed by atoms with van der Waals surface area (Å²) in [6.45, 7) is 4.47. The van der Waals surface area contributed by atoms with Gasteiger partial charge in [-0.2, -0.15) is 0 Å². The zero-order valence-electron chi connectivity index (χ0n) is 15.6. The van der Waals surface area contributed by atoms with Crippen LogP contribution in [0.3, 0.4) is 0 Å². The molecule has 1 aromatic carbocycles. The van der Waals surface area contributed by atoms with Crippen molar-refractivity contribution in [3.8, 4) is 0 Å². The summed E-state index contributed by atoms with van der Waals surface area (Å²) in [5, 5.41) is 2.52. The van der Waals surface area contributed by atoms with E-state index < -0.39 is 11.9 Å². The number of amides is 2. The van der Waals surface area contributed by atoms with E-state index >= 15 is 0 Å². The molecular formula is C19H20ClN3O4S. The van der Waals surface area contributed by atoms with Gasteiger partial charge in [0.25, 0.3) is 0 Å². The number of hydrogen-bond acceptors (Lipinski definition) is 6. The van der Waals surface area contributed by atoms with Crippen molar-refractivity contribution in [2.24, 2.45) is 5.92 Å². The fraction of sp³-hybridized carbons (Fsp3) is 0.368. The van der Waals surface area contributed by atoms with Gasteiger partial charge in [0.15, 0.2) is 10.8 Å². The fourth-order valence-electron chi connectivity index (χ4n) is 3.06. The highest BCUT2D eigenvalue weighted by Crippen LogP contribution is 2.30. The van der Waals surface area contributed by atoms with Gasteiger partial charge in [0.2, 0.25) is 11.8 Å². The molecule has 1 aromatic heterocycles. The van der Waals surface area contributed by atoms with Gasteiger partial charge in [0, 0.05) is 35.6 Å². The summed E-state index contributed by atoms with van der Waals surface area (Å²) in [5.41, 5.74) is 0.853. The molecule has 2 aromatic rings. The van der Waals surface area contributed by atoms with Gasteiger partial charge >= 0.3 is 5.97 Å². The predicted molar refractivity (Wildman–Crippen MR) is 108 cm³/mol. The lowest BCUT2D eigenvalue weighted by atomic mass is 10.1. The molecule has 1 saturated heterocycles. The molecule has 1 aliphatic heterocycles. The molecule has 1 aliphatic rings. The number of hydrogen-bond donors (Lipinski definition) is 0. The SMILES string of the molecule is CCOC(=O)c1csc(N(CC)C(=O)[C@@H]2CC(=O)N(c3cccc(Cl)c3)C2)n1. The average Bonchev–Trinajstić information content (AvgIpc) is 3.30. The maximum atomic E-state index is 13.0. The van der Waals surface area contributed by atoms with E-state index in [0.29, 0.717) is 22.4 Å². The maximum Gasteiger partial charge on any atom is 0.357 e. The molecule has 2 amide bonds. The Morgan fingerprint density at radius 3 is 2.86 bits per heavy atom. The van der Waals surface area contributed by atoms with Crippen LogP contribution in [0.15, 0.2) is 29.6 Å². The first kappa shape index (κ1) is 20.3. The number of aromatic nitrogens is 1. The van der Waals surface area contributed by atoms with Gasteiger partial charge < -0.3 is 9.64 Å². The third-order valence-electron chi connectivity index (χ3n) is 4.38. The number of ether oxygens (including phenoxy) is 1. The van der Waals surface area contributed by atoms with Crippen molar-refractivity contribution in [1.29, 1.82) is 0 Å². The highest BCUT2D eigenvalue weighted by Gasteiger charge is 2.38. The number of esters is 1. The van der Waals surface area contributed by atoms with Crippen molar-refractivity contribution in [3.05, 3.63) is 40.4 Å². The Balaban J connectivity index is 1.75. The van der Waals surface area contributed by atoms with Crippen molar-refractivity contribution in [2.75, 3.05) is 29.5 Å². The average molecular weight is 422 g/mol. The Bertz CT molecular complexity index is 901. The molecule has 1 fully saturated rings. The molecule has 148 valence electrons. The lowest BCUT2D eigenvalue weighted by molar-refractivity contribution is -0.124. The lowest BCUT2D eigenvalue weighted by Gasteiger charge is -2.22. The van der Waals surface area contributed by atoms with Crippen molar-refractivity contribution >= 4 is 51.5 Å². The molecule has 0 saturated carbocycles. The second-order valence-corrected chi connectivity index (χ2v) is 7.48. The van der Waals surface area contributed by atoms with E-state index in [2.05, 4.69) is 4.98 Å². The second kappa shape index (κ2) is 8.70. The second-order valence-electron chi connectivity index (χ2n) is 6.20. The zero-order chi connectivity index (χ0) is 20.3. The van der Waals surface area contributed by atoms with E-state index in [9.17, 15) is 14.4 Å². The lowest BCUT2D eigenvalue weighted by Crippen LogP contribution is -2.37. The van der Waals surface area contributed by atoms with Gasteiger partial charge in [-0.3, -0.25) is 14.5 Å². The van der Waals surface area contributed by atoms with Crippen LogP contribution in [0.4, 0.5) is 10.8 Å². The van der Waals surface area contributed by atoms with E-state index in [1.165, 1.54) is 16.2 Å². The van der Waals surface area contributed by atoms with Crippen LogP contribution in [-0.2, 0) is 14.3 Å². The van der Waals surface area contributed by atoms with Crippen LogP contribution < -0.4 is 9.80 Å². The highest BCUT2D eigenvalue weighted by atomic mass is 35.5.